The lowest BCUT2D eigenvalue weighted by atomic mass is 9.88. The number of rotatable bonds is 3. The molecule has 0 fully saturated rings. The number of carbonyl (C=O) groups excluding carboxylic acids is 1. The van der Waals surface area contributed by atoms with Crippen LogP contribution in [0.25, 0.3) is 11.3 Å². The number of benzene rings is 2. The predicted molar refractivity (Wildman–Crippen MR) is 96.5 cm³/mol. The molecule has 1 heterocycles. The number of carbonyl (C=O) groups is 1. The van der Waals surface area contributed by atoms with Crippen LogP contribution in [0.2, 0.25) is 0 Å². The molecule has 0 radical (unpaired) electrons. The second-order valence-electron chi connectivity index (χ2n) is 6.37. The van der Waals surface area contributed by atoms with E-state index in [1.807, 2.05) is 30.3 Å². The van der Waals surface area contributed by atoms with Crippen LogP contribution in [0.3, 0.4) is 0 Å². The van der Waals surface area contributed by atoms with Gasteiger partial charge in [-0.25, -0.2) is 9.78 Å². The summed E-state index contributed by atoms with van der Waals surface area (Å²) in [6.45, 7) is 0. The number of aromatic nitrogens is 2. The minimum absolute atomic E-state index is 0.288. The van der Waals surface area contributed by atoms with Gasteiger partial charge in [-0.05, 0) is 30.4 Å². The van der Waals surface area contributed by atoms with Crippen LogP contribution < -0.4 is 0 Å². The van der Waals surface area contributed by atoms with Gasteiger partial charge < -0.3 is 9.30 Å². The summed E-state index contributed by atoms with van der Waals surface area (Å²) < 4.78 is 7.09. The van der Waals surface area contributed by atoms with E-state index in [1.54, 1.807) is 6.33 Å². The summed E-state index contributed by atoms with van der Waals surface area (Å²) in [5, 5.41) is 0. The fraction of sp³-hybridized carbons (Fsp3) is 0.238. The smallest absolute Gasteiger partial charge is 0.358 e. The van der Waals surface area contributed by atoms with Gasteiger partial charge in [0, 0.05) is 11.6 Å². The summed E-state index contributed by atoms with van der Waals surface area (Å²) in [6.07, 6.45) is 4.81. The number of fused-ring (bicyclic) bond motifs is 1. The lowest BCUT2D eigenvalue weighted by Crippen LogP contribution is -2.19. The normalized spacial score (nSPS) is 16.3. The van der Waals surface area contributed by atoms with Crippen molar-refractivity contribution >= 4 is 5.97 Å². The molecule has 0 bridgehead atoms. The van der Waals surface area contributed by atoms with Crippen molar-refractivity contribution in [3.8, 4) is 11.3 Å². The molecule has 0 saturated carbocycles. The molecule has 1 aromatic heterocycles. The highest BCUT2D eigenvalue weighted by Gasteiger charge is 2.26. The summed E-state index contributed by atoms with van der Waals surface area (Å²) in [5.41, 5.74) is 5.02. The van der Waals surface area contributed by atoms with Crippen LogP contribution in [0.1, 0.15) is 34.1 Å². The maximum absolute atomic E-state index is 12.2. The number of ether oxygens (including phenoxy) is 1. The van der Waals surface area contributed by atoms with E-state index in [0.717, 1.165) is 30.5 Å². The summed E-state index contributed by atoms with van der Waals surface area (Å²) in [7, 11) is 1.40. The molecule has 0 amide bonds. The minimum atomic E-state index is -0.395. The van der Waals surface area contributed by atoms with E-state index in [-0.39, 0.29) is 6.04 Å². The fourth-order valence-corrected chi connectivity index (χ4v) is 3.68. The molecule has 126 valence electrons. The van der Waals surface area contributed by atoms with E-state index >= 15 is 0 Å². The van der Waals surface area contributed by atoms with Crippen molar-refractivity contribution in [1.82, 2.24) is 9.55 Å². The Morgan fingerprint density at radius 2 is 1.80 bits per heavy atom. The molecule has 0 N–H and O–H groups in total. The quantitative estimate of drug-likeness (QED) is 0.679. The van der Waals surface area contributed by atoms with Gasteiger partial charge in [-0.1, -0.05) is 54.6 Å². The molecule has 1 aliphatic carbocycles. The number of aryl methyl sites for hydroxylation is 1. The van der Waals surface area contributed by atoms with Gasteiger partial charge in [0.15, 0.2) is 5.69 Å². The molecule has 1 unspecified atom stereocenters. The van der Waals surface area contributed by atoms with Crippen LogP contribution in [-0.2, 0) is 17.6 Å². The Morgan fingerprint density at radius 1 is 1.08 bits per heavy atom. The molecule has 0 spiro atoms. The summed E-state index contributed by atoms with van der Waals surface area (Å²) >= 11 is 0. The van der Waals surface area contributed by atoms with Crippen molar-refractivity contribution in [1.29, 1.82) is 0 Å². The third kappa shape index (κ3) is 2.84. The van der Waals surface area contributed by atoms with Gasteiger partial charge in [-0.15, -0.1) is 0 Å². The van der Waals surface area contributed by atoms with Crippen LogP contribution in [0.5, 0.6) is 0 Å². The highest BCUT2D eigenvalue weighted by molar-refractivity contribution is 5.94. The van der Waals surface area contributed by atoms with E-state index in [4.69, 9.17) is 4.74 Å². The molecule has 4 nitrogen and oxygen atoms in total. The predicted octanol–water partition coefficient (Wildman–Crippen LogP) is 4.07. The van der Waals surface area contributed by atoms with Crippen molar-refractivity contribution in [2.75, 3.05) is 7.11 Å². The Bertz CT molecular complexity index is 899. The second kappa shape index (κ2) is 6.55. The first-order valence-corrected chi connectivity index (χ1v) is 8.55. The van der Waals surface area contributed by atoms with E-state index < -0.39 is 5.97 Å². The zero-order valence-corrected chi connectivity index (χ0v) is 14.2. The Kier molecular flexibility index (Phi) is 4.10. The maximum Gasteiger partial charge on any atom is 0.358 e. The molecule has 3 aromatic rings. The first-order valence-electron chi connectivity index (χ1n) is 8.55. The molecule has 1 aliphatic rings. The van der Waals surface area contributed by atoms with Crippen LogP contribution in [0, 0.1) is 0 Å². The van der Waals surface area contributed by atoms with Crippen LogP contribution in [0.4, 0.5) is 0 Å². The molecular formula is C21H20N2O2. The first kappa shape index (κ1) is 15.6. The van der Waals surface area contributed by atoms with Gasteiger partial charge in [0.05, 0.1) is 19.1 Å². The largest absolute Gasteiger partial charge is 0.464 e. The van der Waals surface area contributed by atoms with Gasteiger partial charge in [0.1, 0.15) is 0 Å². The maximum atomic E-state index is 12.2. The highest BCUT2D eigenvalue weighted by atomic mass is 16.5. The lowest BCUT2D eigenvalue weighted by molar-refractivity contribution is 0.0595. The van der Waals surface area contributed by atoms with Gasteiger partial charge in [0.25, 0.3) is 0 Å². The summed E-state index contributed by atoms with van der Waals surface area (Å²) in [5.74, 6) is -0.395. The van der Waals surface area contributed by atoms with Crippen LogP contribution in [-0.4, -0.2) is 22.6 Å². The van der Waals surface area contributed by atoms with E-state index in [9.17, 15) is 4.79 Å². The first-order chi connectivity index (χ1) is 12.3. The lowest BCUT2D eigenvalue weighted by Gasteiger charge is -2.27. The molecule has 2 aromatic carbocycles. The third-order valence-corrected chi connectivity index (χ3v) is 4.93. The van der Waals surface area contributed by atoms with E-state index in [1.165, 1.54) is 18.2 Å². The van der Waals surface area contributed by atoms with Crippen molar-refractivity contribution in [3.63, 3.8) is 0 Å². The number of methoxy groups -OCH3 is 1. The topological polar surface area (TPSA) is 44.1 Å². The zero-order valence-electron chi connectivity index (χ0n) is 14.2. The molecule has 4 rings (SSSR count). The van der Waals surface area contributed by atoms with Crippen molar-refractivity contribution in [2.45, 2.75) is 25.3 Å². The van der Waals surface area contributed by atoms with Crippen LogP contribution in [0.15, 0.2) is 60.9 Å². The molecule has 0 aliphatic heterocycles. The zero-order chi connectivity index (χ0) is 17.2. The summed E-state index contributed by atoms with van der Waals surface area (Å²) in [4.78, 5) is 16.6. The number of imidazole rings is 1. The molecular weight excluding hydrogens is 312 g/mol. The highest BCUT2D eigenvalue weighted by Crippen LogP contribution is 2.34. The Morgan fingerprint density at radius 3 is 2.56 bits per heavy atom. The van der Waals surface area contributed by atoms with Crippen LogP contribution >= 0.6 is 0 Å². The minimum Gasteiger partial charge on any atom is -0.464 e. The average Bonchev–Trinajstić information content (AvgIpc) is 3.12. The fourth-order valence-electron chi connectivity index (χ4n) is 3.68. The molecule has 25 heavy (non-hydrogen) atoms. The SMILES string of the molecule is COC(=O)c1ncn(C2CCc3ccccc3C2)c1-c1ccccc1. The molecule has 4 heteroatoms. The third-order valence-electron chi connectivity index (χ3n) is 4.93. The van der Waals surface area contributed by atoms with Crippen molar-refractivity contribution < 1.29 is 9.53 Å². The Labute approximate surface area is 147 Å². The van der Waals surface area contributed by atoms with Gasteiger partial charge in [-0.2, -0.15) is 0 Å². The van der Waals surface area contributed by atoms with Crippen molar-refractivity contribution in [3.05, 3.63) is 77.7 Å². The number of hydrogen-bond acceptors (Lipinski definition) is 3. The number of nitrogens with zero attached hydrogens (tertiary/aromatic N) is 2. The van der Waals surface area contributed by atoms with E-state index in [0.29, 0.717) is 5.69 Å². The van der Waals surface area contributed by atoms with Crippen molar-refractivity contribution in [2.24, 2.45) is 0 Å². The van der Waals surface area contributed by atoms with Gasteiger partial charge in [0.2, 0.25) is 0 Å². The average molecular weight is 332 g/mol. The summed E-state index contributed by atoms with van der Waals surface area (Å²) in [6, 6.07) is 18.8. The molecule has 0 saturated heterocycles. The Balaban J connectivity index is 1.78. The standard InChI is InChI=1S/C21H20N2O2/c1-25-21(24)19-20(16-8-3-2-4-9-16)23(14-22-19)18-12-11-15-7-5-6-10-17(15)13-18/h2-10,14,18H,11-13H2,1H3. The number of hydrogen-bond donors (Lipinski definition) is 0. The van der Waals surface area contributed by atoms with Gasteiger partial charge >= 0.3 is 5.97 Å². The Hall–Kier alpha value is -2.88. The van der Waals surface area contributed by atoms with E-state index in [2.05, 4.69) is 33.8 Å². The monoisotopic (exact) mass is 332 g/mol. The van der Waals surface area contributed by atoms with Gasteiger partial charge in [-0.3, -0.25) is 0 Å². The molecule has 1 atom stereocenters. The second-order valence-corrected chi connectivity index (χ2v) is 6.37. The number of esters is 1.